The van der Waals surface area contributed by atoms with E-state index >= 15 is 0 Å². The molecular formula is C23H29ClN2O6. The van der Waals surface area contributed by atoms with Crippen LogP contribution in [0.2, 0.25) is 5.02 Å². The molecule has 0 aliphatic carbocycles. The number of alkyl carbamates (subject to hydrolysis) is 1. The number of rotatable bonds is 11. The van der Waals surface area contributed by atoms with E-state index in [1.807, 2.05) is 37.2 Å². The monoisotopic (exact) mass is 464 g/mol. The van der Waals surface area contributed by atoms with Crippen LogP contribution in [-0.2, 0) is 14.2 Å². The summed E-state index contributed by atoms with van der Waals surface area (Å²) in [6.45, 7) is 1.60. The van der Waals surface area contributed by atoms with Crippen molar-refractivity contribution in [2.24, 2.45) is 0 Å². The highest BCUT2D eigenvalue weighted by Crippen LogP contribution is 2.31. The summed E-state index contributed by atoms with van der Waals surface area (Å²) in [5, 5.41) is 3.13. The van der Waals surface area contributed by atoms with Gasteiger partial charge in [0.05, 0.1) is 26.4 Å². The maximum absolute atomic E-state index is 12.3. The molecule has 0 saturated carbocycles. The van der Waals surface area contributed by atoms with Gasteiger partial charge in [-0.2, -0.15) is 0 Å². The molecule has 2 rings (SSSR count). The number of likely N-dealkylation sites (N-methyl/N-ethyl adjacent to an activating group) is 1. The zero-order valence-electron chi connectivity index (χ0n) is 18.7. The second-order valence-corrected chi connectivity index (χ2v) is 7.59. The van der Waals surface area contributed by atoms with Gasteiger partial charge in [-0.3, -0.25) is 0 Å². The Kier molecular flexibility index (Phi) is 10.3. The topological polar surface area (TPSA) is 86.3 Å². The summed E-state index contributed by atoms with van der Waals surface area (Å²) < 4.78 is 21.4. The highest BCUT2D eigenvalue weighted by atomic mass is 35.5. The van der Waals surface area contributed by atoms with Crippen LogP contribution < -0.4 is 10.1 Å². The average molecular weight is 465 g/mol. The van der Waals surface area contributed by atoms with E-state index in [4.69, 9.17) is 25.8 Å². The fourth-order valence-corrected chi connectivity index (χ4v) is 3.09. The van der Waals surface area contributed by atoms with Gasteiger partial charge in [0.25, 0.3) is 0 Å². The molecule has 0 saturated heterocycles. The Morgan fingerprint density at radius 2 is 1.81 bits per heavy atom. The molecule has 0 aliphatic heterocycles. The lowest BCUT2D eigenvalue weighted by molar-refractivity contribution is 0.0598. The molecule has 0 spiro atoms. The van der Waals surface area contributed by atoms with Gasteiger partial charge in [0.2, 0.25) is 0 Å². The number of esters is 1. The second kappa shape index (κ2) is 12.9. The van der Waals surface area contributed by atoms with E-state index in [2.05, 4.69) is 10.1 Å². The smallest absolute Gasteiger partial charge is 0.406 e. The van der Waals surface area contributed by atoms with Gasteiger partial charge in [-0.15, -0.1) is 0 Å². The number of carbonyl (C=O) groups excluding carboxylic acids is 2. The van der Waals surface area contributed by atoms with Crippen LogP contribution in [0.5, 0.6) is 5.75 Å². The van der Waals surface area contributed by atoms with E-state index in [0.29, 0.717) is 35.1 Å². The third-order valence-corrected chi connectivity index (χ3v) is 4.69. The molecule has 2 aromatic rings. The van der Waals surface area contributed by atoms with E-state index in [-0.39, 0.29) is 13.2 Å². The zero-order chi connectivity index (χ0) is 23.5. The number of nitrogens with zero attached hydrogens (tertiary/aromatic N) is 1. The highest BCUT2D eigenvalue weighted by molar-refractivity contribution is 6.30. The van der Waals surface area contributed by atoms with E-state index in [1.54, 1.807) is 24.3 Å². The minimum absolute atomic E-state index is 0.200. The first-order valence-corrected chi connectivity index (χ1v) is 10.4. The first kappa shape index (κ1) is 25.5. The van der Waals surface area contributed by atoms with Crippen LogP contribution in [0.25, 0.3) is 0 Å². The van der Waals surface area contributed by atoms with Gasteiger partial charge in [-0.05, 0) is 55.6 Å². The van der Waals surface area contributed by atoms with E-state index in [0.717, 1.165) is 5.56 Å². The Balaban J connectivity index is 2.35. The molecule has 1 atom stereocenters. The standard InChI is InChI=1S/C23H29ClN2O6/c1-26(2)9-11-31-20-14-17(12-18(15-20)22(27)29-3)21(16-6-5-7-19(24)13-16)32-10-8-25-23(28)30-4/h5-7,12-15,21H,8-11H2,1-4H3,(H,25,28). The lowest BCUT2D eigenvalue weighted by Gasteiger charge is -2.21. The van der Waals surface area contributed by atoms with E-state index in [1.165, 1.54) is 14.2 Å². The summed E-state index contributed by atoms with van der Waals surface area (Å²) in [5.41, 5.74) is 1.82. The minimum atomic E-state index is -0.561. The average Bonchev–Trinajstić information content (AvgIpc) is 2.77. The normalized spacial score (nSPS) is 11.7. The Labute approximate surface area is 193 Å². The molecule has 1 N–H and O–H groups in total. The van der Waals surface area contributed by atoms with Gasteiger partial charge in [0.15, 0.2) is 0 Å². The van der Waals surface area contributed by atoms with Gasteiger partial charge in [0, 0.05) is 18.1 Å². The number of benzene rings is 2. The fraction of sp³-hybridized carbons (Fsp3) is 0.391. The largest absolute Gasteiger partial charge is 0.492 e. The molecule has 0 aromatic heterocycles. The number of halogens is 1. The van der Waals surface area contributed by atoms with Crippen LogP contribution >= 0.6 is 11.6 Å². The molecule has 0 heterocycles. The van der Waals surface area contributed by atoms with Crippen LogP contribution in [0.1, 0.15) is 27.6 Å². The SMILES string of the molecule is COC(=O)NCCOC(c1cccc(Cl)c1)c1cc(OCCN(C)C)cc(C(=O)OC)c1. The van der Waals surface area contributed by atoms with Crippen LogP contribution in [0.4, 0.5) is 4.79 Å². The highest BCUT2D eigenvalue weighted by Gasteiger charge is 2.20. The Hall–Kier alpha value is -2.81. The molecule has 2 aromatic carbocycles. The maximum atomic E-state index is 12.3. The molecule has 0 radical (unpaired) electrons. The van der Waals surface area contributed by atoms with Gasteiger partial charge in [-0.1, -0.05) is 23.7 Å². The molecule has 1 unspecified atom stereocenters. The van der Waals surface area contributed by atoms with Crippen molar-refractivity contribution in [1.29, 1.82) is 0 Å². The first-order chi connectivity index (χ1) is 15.3. The lowest BCUT2D eigenvalue weighted by Crippen LogP contribution is -2.27. The van der Waals surface area contributed by atoms with E-state index in [9.17, 15) is 9.59 Å². The summed E-state index contributed by atoms with van der Waals surface area (Å²) in [5.74, 6) is 0.0366. The van der Waals surface area contributed by atoms with Gasteiger partial charge in [-0.25, -0.2) is 9.59 Å². The van der Waals surface area contributed by atoms with Crippen molar-refractivity contribution in [3.63, 3.8) is 0 Å². The molecule has 0 bridgehead atoms. The van der Waals surface area contributed by atoms with Gasteiger partial charge < -0.3 is 29.2 Å². The van der Waals surface area contributed by atoms with Gasteiger partial charge >= 0.3 is 12.1 Å². The fourth-order valence-electron chi connectivity index (χ4n) is 2.90. The molecule has 32 heavy (non-hydrogen) atoms. The molecule has 0 aliphatic rings. The number of hydrogen-bond acceptors (Lipinski definition) is 7. The van der Waals surface area contributed by atoms with Crippen molar-refractivity contribution in [1.82, 2.24) is 10.2 Å². The molecular weight excluding hydrogens is 436 g/mol. The Bertz CT molecular complexity index is 906. The van der Waals surface area contributed by atoms with Crippen LogP contribution in [0.3, 0.4) is 0 Å². The van der Waals surface area contributed by atoms with Crippen LogP contribution in [0, 0.1) is 0 Å². The molecule has 1 amide bonds. The molecule has 8 nitrogen and oxygen atoms in total. The summed E-state index contributed by atoms with van der Waals surface area (Å²) in [7, 11) is 6.52. The third kappa shape index (κ3) is 8.03. The number of nitrogens with one attached hydrogen (secondary N) is 1. The summed E-state index contributed by atoms with van der Waals surface area (Å²) >= 11 is 6.20. The molecule has 174 valence electrons. The Morgan fingerprint density at radius 3 is 2.47 bits per heavy atom. The van der Waals surface area contributed by atoms with Crippen molar-refractivity contribution in [2.45, 2.75) is 6.10 Å². The molecule has 9 heteroatoms. The van der Waals surface area contributed by atoms with Crippen molar-refractivity contribution in [3.05, 3.63) is 64.2 Å². The number of amides is 1. The van der Waals surface area contributed by atoms with Crippen molar-refractivity contribution < 1.29 is 28.5 Å². The summed E-state index contributed by atoms with van der Waals surface area (Å²) in [4.78, 5) is 25.6. The van der Waals surface area contributed by atoms with Crippen LogP contribution in [-0.4, -0.2) is 71.6 Å². The number of methoxy groups -OCH3 is 2. The maximum Gasteiger partial charge on any atom is 0.406 e. The van der Waals surface area contributed by atoms with Crippen molar-refractivity contribution in [3.8, 4) is 5.75 Å². The Morgan fingerprint density at radius 1 is 1.03 bits per heavy atom. The predicted octanol–water partition coefficient (Wildman–Crippen LogP) is 3.53. The minimum Gasteiger partial charge on any atom is -0.492 e. The number of carbonyl (C=O) groups is 2. The summed E-state index contributed by atoms with van der Waals surface area (Å²) in [6, 6.07) is 12.4. The van der Waals surface area contributed by atoms with Gasteiger partial charge in [0.1, 0.15) is 18.5 Å². The second-order valence-electron chi connectivity index (χ2n) is 7.16. The number of hydrogen-bond donors (Lipinski definition) is 1. The van der Waals surface area contributed by atoms with E-state index < -0.39 is 18.2 Å². The summed E-state index contributed by atoms with van der Waals surface area (Å²) in [6.07, 6.45) is -1.11. The number of ether oxygens (including phenoxy) is 4. The quantitative estimate of drug-likeness (QED) is 0.402. The van der Waals surface area contributed by atoms with Crippen LogP contribution in [0.15, 0.2) is 42.5 Å². The predicted molar refractivity (Wildman–Crippen MR) is 121 cm³/mol. The third-order valence-electron chi connectivity index (χ3n) is 4.45. The van der Waals surface area contributed by atoms with Crippen molar-refractivity contribution >= 4 is 23.7 Å². The molecule has 0 fully saturated rings. The zero-order valence-corrected chi connectivity index (χ0v) is 19.5. The first-order valence-electron chi connectivity index (χ1n) is 10.0. The lowest BCUT2D eigenvalue weighted by atomic mass is 9.99. The van der Waals surface area contributed by atoms with Crippen molar-refractivity contribution in [2.75, 3.05) is 54.6 Å².